The first-order valence-electron chi connectivity index (χ1n) is 6.34. The van der Waals surface area contributed by atoms with Gasteiger partial charge in [0.15, 0.2) is 0 Å². The summed E-state index contributed by atoms with van der Waals surface area (Å²) in [6, 6.07) is 2.02. The molecule has 1 N–H and O–H groups in total. The molecule has 3 rings (SSSR count). The number of fused-ring (bicyclic) bond motifs is 2. The second-order valence-corrected chi connectivity index (χ2v) is 5.36. The van der Waals surface area contributed by atoms with Crippen molar-refractivity contribution in [1.82, 2.24) is 9.97 Å². The highest BCUT2D eigenvalue weighted by Gasteiger charge is 2.38. The summed E-state index contributed by atoms with van der Waals surface area (Å²) in [5.41, 5.74) is 1.03. The molecule has 1 aromatic heterocycles. The van der Waals surface area contributed by atoms with E-state index in [9.17, 15) is 0 Å². The molecular weight excluding hydrogens is 198 g/mol. The molecule has 2 fully saturated rings. The van der Waals surface area contributed by atoms with Gasteiger partial charge in [-0.15, -0.1) is 0 Å². The van der Waals surface area contributed by atoms with Crippen LogP contribution < -0.4 is 5.32 Å². The van der Waals surface area contributed by atoms with Gasteiger partial charge in [0, 0.05) is 18.3 Å². The minimum atomic E-state index is 0.883. The van der Waals surface area contributed by atoms with Gasteiger partial charge in [-0.1, -0.05) is 6.42 Å². The Morgan fingerprint density at radius 1 is 1.31 bits per heavy atom. The summed E-state index contributed by atoms with van der Waals surface area (Å²) in [5.74, 6) is 3.88. The molecule has 0 amide bonds. The lowest BCUT2D eigenvalue weighted by molar-refractivity contribution is 0.348. The summed E-state index contributed by atoms with van der Waals surface area (Å²) in [6.45, 7) is 3.10. The first kappa shape index (κ1) is 10.1. The van der Waals surface area contributed by atoms with Crippen LogP contribution in [0.15, 0.2) is 12.4 Å². The predicted octanol–water partition coefficient (Wildman–Crippen LogP) is 2.63. The number of aromatic nitrogens is 2. The molecule has 0 saturated heterocycles. The van der Waals surface area contributed by atoms with Gasteiger partial charge < -0.3 is 5.32 Å². The SMILES string of the molecule is Cc1cc(NCC2CC3CCC2C3)ncn1. The number of rotatable bonds is 3. The summed E-state index contributed by atoms with van der Waals surface area (Å²) in [6.07, 6.45) is 7.49. The van der Waals surface area contributed by atoms with E-state index in [2.05, 4.69) is 15.3 Å². The van der Waals surface area contributed by atoms with Gasteiger partial charge in [-0.25, -0.2) is 9.97 Å². The molecule has 16 heavy (non-hydrogen) atoms. The number of aryl methyl sites for hydroxylation is 1. The third-order valence-electron chi connectivity index (χ3n) is 4.23. The monoisotopic (exact) mass is 217 g/mol. The van der Waals surface area contributed by atoms with Gasteiger partial charge in [0.1, 0.15) is 12.1 Å². The van der Waals surface area contributed by atoms with E-state index in [-0.39, 0.29) is 0 Å². The Morgan fingerprint density at radius 2 is 2.25 bits per heavy atom. The van der Waals surface area contributed by atoms with E-state index >= 15 is 0 Å². The largest absolute Gasteiger partial charge is 0.370 e. The maximum absolute atomic E-state index is 4.24. The zero-order valence-corrected chi connectivity index (χ0v) is 9.82. The standard InChI is InChI=1S/C13H19N3/c1-9-4-13(16-8-15-9)14-7-12-6-10-2-3-11(12)5-10/h4,8,10-12H,2-3,5-7H2,1H3,(H,14,15,16). The van der Waals surface area contributed by atoms with Gasteiger partial charge in [0.2, 0.25) is 0 Å². The fourth-order valence-electron chi connectivity index (χ4n) is 3.41. The van der Waals surface area contributed by atoms with Crippen LogP contribution in [0.3, 0.4) is 0 Å². The number of hydrogen-bond donors (Lipinski definition) is 1. The van der Waals surface area contributed by atoms with Crippen molar-refractivity contribution in [1.29, 1.82) is 0 Å². The summed E-state index contributed by atoms with van der Waals surface area (Å²) in [5, 5.41) is 3.46. The van der Waals surface area contributed by atoms with Gasteiger partial charge in [0.25, 0.3) is 0 Å². The number of nitrogens with one attached hydrogen (secondary N) is 1. The van der Waals surface area contributed by atoms with Crippen molar-refractivity contribution >= 4 is 5.82 Å². The van der Waals surface area contributed by atoms with Crippen LogP contribution >= 0.6 is 0 Å². The quantitative estimate of drug-likeness (QED) is 0.845. The molecule has 2 bridgehead atoms. The van der Waals surface area contributed by atoms with E-state index in [1.807, 2.05) is 13.0 Å². The average molecular weight is 217 g/mol. The summed E-state index contributed by atoms with van der Waals surface area (Å²) in [4.78, 5) is 8.35. The zero-order valence-electron chi connectivity index (χ0n) is 9.82. The molecule has 3 unspecified atom stereocenters. The van der Waals surface area contributed by atoms with Gasteiger partial charge in [-0.05, 0) is 43.9 Å². The first-order chi connectivity index (χ1) is 7.81. The minimum absolute atomic E-state index is 0.883. The van der Waals surface area contributed by atoms with E-state index < -0.39 is 0 Å². The Labute approximate surface area is 96.7 Å². The third kappa shape index (κ3) is 1.91. The average Bonchev–Trinajstić information content (AvgIpc) is 2.88. The van der Waals surface area contributed by atoms with Gasteiger partial charge in [-0.2, -0.15) is 0 Å². The van der Waals surface area contributed by atoms with Crippen molar-refractivity contribution < 1.29 is 0 Å². The fourth-order valence-corrected chi connectivity index (χ4v) is 3.41. The lowest BCUT2D eigenvalue weighted by Crippen LogP contribution is -2.20. The van der Waals surface area contributed by atoms with Gasteiger partial charge in [-0.3, -0.25) is 0 Å². The smallest absolute Gasteiger partial charge is 0.129 e. The van der Waals surface area contributed by atoms with Crippen molar-refractivity contribution in [2.75, 3.05) is 11.9 Å². The van der Waals surface area contributed by atoms with E-state index in [0.717, 1.165) is 35.8 Å². The van der Waals surface area contributed by atoms with E-state index in [4.69, 9.17) is 0 Å². The Bertz CT molecular complexity index is 377. The fraction of sp³-hybridized carbons (Fsp3) is 0.692. The Hall–Kier alpha value is -1.12. The Balaban J connectivity index is 1.57. The Kier molecular flexibility index (Phi) is 2.54. The molecule has 0 aliphatic heterocycles. The molecule has 2 aliphatic carbocycles. The lowest BCUT2D eigenvalue weighted by atomic mass is 9.89. The maximum Gasteiger partial charge on any atom is 0.129 e. The van der Waals surface area contributed by atoms with Crippen molar-refractivity contribution in [2.24, 2.45) is 17.8 Å². The first-order valence-corrected chi connectivity index (χ1v) is 6.34. The summed E-state index contributed by atoms with van der Waals surface area (Å²) < 4.78 is 0. The molecule has 86 valence electrons. The minimum Gasteiger partial charge on any atom is -0.370 e. The van der Waals surface area contributed by atoms with Crippen LogP contribution in [-0.4, -0.2) is 16.5 Å². The van der Waals surface area contributed by atoms with Crippen LogP contribution in [0, 0.1) is 24.7 Å². The summed E-state index contributed by atoms with van der Waals surface area (Å²) in [7, 11) is 0. The summed E-state index contributed by atoms with van der Waals surface area (Å²) >= 11 is 0. The van der Waals surface area contributed by atoms with Crippen LogP contribution in [0.2, 0.25) is 0 Å². The highest BCUT2D eigenvalue weighted by Crippen LogP contribution is 2.48. The number of anilines is 1. The molecule has 3 atom stereocenters. The van der Waals surface area contributed by atoms with Gasteiger partial charge in [0.05, 0.1) is 0 Å². The zero-order chi connectivity index (χ0) is 11.0. The van der Waals surface area contributed by atoms with Crippen LogP contribution in [0.4, 0.5) is 5.82 Å². The van der Waals surface area contributed by atoms with Gasteiger partial charge >= 0.3 is 0 Å². The predicted molar refractivity (Wildman–Crippen MR) is 64.2 cm³/mol. The van der Waals surface area contributed by atoms with E-state index in [0.29, 0.717) is 0 Å². The molecule has 0 aromatic carbocycles. The topological polar surface area (TPSA) is 37.8 Å². The second kappa shape index (κ2) is 4.04. The molecule has 1 aromatic rings. The highest BCUT2D eigenvalue weighted by molar-refractivity contribution is 5.34. The molecule has 2 aliphatic rings. The van der Waals surface area contributed by atoms with Crippen molar-refractivity contribution in [3.05, 3.63) is 18.1 Å². The van der Waals surface area contributed by atoms with Crippen molar-refractivity contribution in [2.45, 2.75) is 32.6 Å². The van der Waals surface area contributed by atoms with Crippen molar-refractivity contribution in [3.63, 3.8) is 0 Å². The van der Waals surface area contributed by atoms with Crippen LogP contribution in [-0.2, 0) is 0 Å². The van der Waals surface area contributed by atoms with Crippen LogP contribution in [0.5, 0.6) is 0 Å². The molecule has 0 radical (unpaired) electrons. The van der Waals surface area contributed by atoms with Crippen LogP contribution in [0.25, 0.3) is 0 Å². The molecule has 3 nitrogen and oxygen atoms in total. The maximum atomic E-state index is 4.24. The molecule has 3 heteroatoms. The molecule has 0 spiro atoms. The van der Waals surface area contributed by atoms with Crippen LogP contribution in [0.1, 0.15) is 31.4 Å². The second-order valence-electron chi connectivity index (χ2n) is 5.36. The Morgan fingerprint density at radius 3 is 2.94 bits per heavy atom. The normalized spacial score (nSPS) is 31.9. The molecule has 1 heterocycles. The van der Waals surface area contributed by atoms with E-state index in [1.54, 1.807) is 6.33 Å². The molecule has 2 saturated carbocycles. The number of hydrogen-bond acceptors (Lipinski definition) is 3. The van der Waals surface area contributed by atoms with E-state index in [1.165, 1.54) is 25.7 Å². The van der Waals surface area contributed by atoms with Crippen molar-refractivity contribution in [3.8, 4) is 0 Å². The highest BCUT2D eigenvalue weighted by atomic mass is 15.0. The third-order valence-corrected chi connectivity index (χ3v) is 4.23. The number of nitrogens with zero attached hydrogens (tertiary/aromatic N) is 2. The molecular formula is C13H19N3. The lowest BCUT2D eigenvalue weighted by Gasteiger charge is -2.22.